The number of benzene rings is 2. The Morgan fingerprint density at radius 1 is 1.27 bits per heavy atom. The fourth-order valence-electron chi connectivity index (χ4n) is 4.09. The summed E-state index contributed by atoms with van der Waals surface area (Å²) in [4.78, 5) is 15.1. The summed E-state index contributed by atoms with van der Waals surface area (Å²) >= 11 is 0. The van der Waals surface area contributed by atoms with Crippen LogP contribution in [0.5, 0.6) is 5.75 Å². The van der Waals surface area contributed by atoms with Gasteiger partial charge in [0.2, 0.25) is 5.91 Å². The van der Waals surface area contributed by atoms with Gasteiger partial charge < -0.3 is 9.64 Å². The monoisotopic (exact) mass is 349 g/mol. The highest BCUT2D eigenvalue weighted by molar-refractivity contribution is 5.87. The SMILES string of the molecule is COc1ccc2c(c1)CC(C)N(C(=O)Cc1[nH]nc3ccccc13)C2C. The smallest absolute Gasteiger partial charge is 0.229 e. The van der Waals surface area contributed by atoms with Gasteiger partial charge in [-0.3, -0.25) is 9.89 Å². The van der Waals surface area contributed by atoms with Crippen LogP contribution in [-0.2, 0) is 17.6 Å². The molecule has 2 heterocycles. The van der Waals surface area contributed by atoms with Gasteiger partial charge in [0, 0.05) is 11.4 Å². The fraction of sp³-hybridized carbons (Fsp3) is 0.333. The van der Waals surface area contributed by atoms with Crippen LogP contribution in [0.4, 0.5) is 0 Å². The predicted octanol–water partition coefficient (Wildman–Crippen LogP) is 3.65. The van der Waals surface area contributed by atoms with E-state index < -0.39 is 0 Å². The quantitative estimate of drug-likeness (QED) is 0.785. The molecule has 0 saturated carbocycles. The molecule has 0 radical (unpaired) electrons. The minimum Gasteiger partial charge on any atom is -0.497 e. The molecule has 1 amide bonds. The maximum Gasteiger partial charge on any atom is 0.229 e. The topological polar surface area (TPSA) is 58.2 Å². The lowest BCUT2D eigenvalue weighted by Crippen LogP contribution is -2.45. The first kappa shape index (κ1) is 16.6. The van der Waals surface area contributed by atoms with Crippen LogP contribution in [0.15, 0.2) is 42.5 Å². The summed E-state index contributed by atoms with van der Waals surface area (Å²) in [5, 5.41) is 8.35. The number of nitrogens with zero attached hydrogens (tertiary/aromatic N) is 2. The number of aromatic amines is 1. The van der Waals surface area contributed by atoms with Crippen LogP contribution in [-0.4, -0.2) is 34.2 Å². The number of para-hydroxylation sites is 1. The summed E-state index contributed by atoms with van der Waals surface area (Å²) in [6.07, 6.45) is 1.17. The molecule has 5 heteroatoms. The Morgan fingerprint density at radius 2 is 2.08 bits per heavy atom. The van der Waals surface area contributed by atoms with Gasteiger partial charge in [0.05, 0.1) is 30.8 Å². The Bertz CT molecular complexity index is 963. The molecule has 1 aliphatic heterocycles. The van der Waals surface area contributed by atoms with Gasteiger partial charge in [-0.25, -0.2) is 0 Å². The van der Waals surface area contributed by atoms with Crippen LogP contribution in [0.1, 0.15) is 36.7 Å². The van der Waals surface area contributed by atoms with Gasteiger partial charge >= 0.3 is 0 Å². The molecule has 1 N–H and O–H groups in total. The van der Waals surface area contributed by atoms with E-state index in [0.29, 0.717) is 6.42 Å². The van der Waals surface area contributed by atoms with E-state index in [1.807, 2.05) is 35.2 Å². The van der Waals surface area contributed by atoms with Gasteiger partial charge in [0.15, 0.2) is 0 Å². The Labute approximate surface area is 153 Å². The molecule has 0 bridgehead atoms. The first-order chi connectivity index (χ1) is 12.6. The molecule has 0 spiro atoms. The highest BCUT2D eigenvalue weighted by Crippen LogP contribution is 2.35. The summed E-state index contributed by atoms with van der Waals surface area (Å²) in [6, 6.07) is 14.2. The number of carbonyl (C=O) groups excluding carboxylic acids is 1. The lowest BCUT2D eigenvalue weighted by Gasteiger charge is -2.40. The Kier molecular flexibility index (Phi) is 4.15. The Hall–Kier alpha value is -2.82. The summed E-state index contributed by atoms with van der Waals surface area (Å²) in [5.74, 6) is 0.993. The number of nitrogens with one attached hydrogen (secondary N) is 1. The largest absolute Gasteiger partial charge is 0.497 e. The second-order valence-electron chi connectivity index (χ2n) is 6.99. The highest BCUT2D eigenvalue weighted by Gasteiger charge is 2.33. The molecule has 5 nitrogen and oxygen atoms in total. The van der Waals surface area contributed by atoms with Crippen molar-refractivity contribution >= 4 is 16.8 Å². The molecule has 2 unspecified atom stereocenters. The molecule has 134 valence electrons. The average molecular weight is 349 g/mol. The van der Waals surface area contributed by atoms with Crippen molar-refractivity contribution < 1.29 is 9.53 Å². The van der Waals surface area contributed by atoms with Crippen LogP contribution in [0, 0.1) is 0 Å². The van der Waals surface area contributed by atoms with E-state index in [-0.39, 0.29) is 18.0 Å². The molecule has 1 aliphatic rings. The maximum absolute atomic E-state index is 13.1. The van der Waals surface area contributed by atoms with Gasteiger partial charge in [0.1, 0.15) is 5.75 Å². The van der Waals surface area contributed by atoms with E-state index in [9.17, 15) is 4.79 Å². The van der Waals surface area contributed by atoms with Crippen molar-refractivity contribution in [3.05, 3.63) is 59.3 Å². The van der Waals surface area contributed by atoms with Crippen LogP contribution in [0.25, 0.3) is 10.9 Å². The molecule has 0 saturated heterocycles. The molecule has 26 heavy (non-hydrogen) atoms. The average Bonchev–Trinajstić information content (AvgIpc) is 3.04. The van der Waals surface area contributed by atoms with Gasteiger partial charge in [-0.05, 0) is 49.6 Å². The summed E-state index contributed by atoms with van der Waals surface area (Å²) < 4.78 is 5.34. The van der Waals surface area contributed by atoms with E-state index >= 15 is 0 Å². The lowest BCUT2D eigenvalue weighted by molar-refractivity contribution is -0.135. The third kappa shape index (κ3) is 2.73. The minimum absolute atomic E-state index is 0.0429. The van der Waals surface area contributed by atoms with Gasteiger partial charge in [-0.1, -0.05) is 24.3 Å². The number of ether oxygens (including phenoxy) is 1. The normalized spacial score (nSPS) is 19.4. The first-order valence-electron chi connectivity index (χ1n) is 8.98. The number of rotatable bonds is 3. The molecule has 4 rings (SSSR count). The number of methoxy groups -OCH3 is 1. The second kappa shape index (κ2) is 6.48. The zero-order valence-electron chi connectivity index (χ0n) is 15.3. The van der Waals surface area contributed by atoms with E-state index in [1.165, 1.54) is 11.1 Å². The van der Waals surface area contributed by atoms with E-state index in [1.54, 1.807) is 7.11 Å². The number of amides is 1. The first-order valence-corrected chi connectivity index (χ1v) is 8.98. The molecule has 0 aliphatic carbocycles. The van der Waals surface area contributed by atoms with E-state index in [2.05, 4.69) is 36.2 Å². The number of carbonyl (C=O) groups is 1. The molecular formula is C21H23N3O2. The molecule has 2 atom stereocenters. The number of aromatic nitrogens is 2. The van der Waals surface area contributed by atoms with Crippen molar-refractivity contribution in [2.75, 3.05) is 7.11 Å². The number of hydrogen-bond acceptors (Lipinski definition) is 3. The minimum atomic E-state index is 0.0429. The third-order valence-corrected chi connectivity index (χ3v) is 5.36. The maximum atomic E-state index is 13.1. The van der Waals surface area contributed by atoms with E-state index in [4.69, 9.17) is 4.74 Å². The third-order valence-electron chi connectivity index (χ3n) is 5.36. The van der Waals surface area contributed by atoms with Gasteiger partial charge in [0.25, 0.3) is 0 Å². The summed E-state index contributed by atoms with van der Waals surface area (Å²) in [7, 11) is 1.68. The van der Waals surface area contributed by atoms with Crippen molar-refractivity contribution in [2.24, 2.45) is 0 Å². The van der Waals surface area contributed by atoms with Crippen molar-refractivity contribution in [1.82, 2.24) is 15.1 Å². The van der Waals surface area contributed by atoms with Crippen molar-refractivity contribution in [1.29, 1.82) is 0 Å². The molecule has 3 aromatic rings. The van der Waals surface area contributed by atoms with Crippen LogP contribution >= 0.6 is 0 Å². The number of fused-ring (bicyclic) bond motifs is 2. The summed E-state index contributed by atoms with van der Waals surface area (Å²) in [6.45, 7) is 4.21. The van der Waals surface area contributed by atoms with Crippen LogP contribution in [0.2, 0.25) is 0 Å². The zero-order chi connectivity index (χ0) is 18.3. The van der Waals surface area contributed by atoms with Crippen molar-refractivity contribution in [3.63, 3.8) is 0 Å². The van der Waals surface area contributed by atoms with Gasteiger partial charge in [-0.15, -0.1) is 0 Å². The van der Waals surface area contributed by atoms with Crippen molar-refractivity contribution in [2.45, 2.75) is 38.8 Å². The molecule has 0 fully saturated rings. The Balaban J connectivity index is 1.61. The molecular weight excluding hydrogens is 326 g/mol. The molecule has 2 aromatic carbocycles. The number of H-pyrrole nitrogens is 1. The lowest BCUT2D eigenvalue weighted by atomic mass is 9.89. The van der Waals surface area contributed by atoms with Gasteiger partial charge in [-0.2, -0.15) is 5.10 Å². The zero-order valence-corrected chi connectivity index (χ0v) is 15.3. The fourth-order valence-corrected chi connectivity index (χ4v) is 4.09. The number of hydrogen-bond donors (Lipinski definition) is 1. The van der Waals surface area contributed by atoms with E-state index in [0.717, 1.165) is 28.8 Å². The highest BCUT2D eigenvalue weighted by atomic mass is 16.5. The second-order valence-corrected chi connectivity index (χ2v) is 6.99. The molecule has 1 aromatic heterocycles. The predicted molar refractivity (Wildman–Crippen MR) is 101 cm³/mol. The van der Waals surface area contributed by atoms with Crippen LogP contribution in [0.3, 0.4) is 0 Å². The van der Waals surface area contributed by atoms with Crippen LogP contribution < -0.4 is 4.74 Å². The van der Waals surface area contributed by atoms with Crippen molar-refractivity contribution in [3.8, 4) is 5.75 Å². The Morgan fingerprint density at radius 3 is 2.88 bits per heavy atom. The summed E-state index contributed by atoms with van der Waals surface area (Å²) in [5.41, 5.74) is 4.24. The standard InChI is InChI=1S/C21H23N3O2/c1-13-10-15-11-16(26-3)8-9-17(15)14(2)24(13)21(25)12-20-18-6-4-5-7-19(18)22-23-20/h4-9,11,13-14H,10,12H2,1-3H3,(H,22,23).